The number of hydrogen-bond acceptors (Lipinski definition) is 3. The van der Waals surface area contributed by atoms with Gasteiger partial charge in [-0.2, -0.15) is 0 Å². The van der Waals surface area contributed by atoms with Crippen LogP contribution in [-0.4, -0.2) is 19.8 Å². The second kappa shape index (κ2) is 4.47. The molecule has 1 aliphatic heterocycles. The van der Waals surface area contributed by atoms with Gasteiger partial charge in [-0.15, -0.1) is 6.58 Å². The third-order valence-electron chi connectivity index (χ3n) is 2.34. The van der Waals surface area contributed by atoms with Crippen molar-refractivity contribution in [2.45, 2.75) is 12.4 Å². The van der Waals surface area contributed by atoms with Crippen molar-refractivity contribution in [1.29, 1.82) is 0 Å². The molecule has 1 aromatic rings. The first-order valence-corrected chi connectivity index (χ1v) is 4.87. The Hall–Kier alpha value is -1.32. The molecule has 0 aliphatic carbocycles. The maximum Gasteiger partial charge on any atom is 0.184 e. The molecule has 80 valence electrons. The fourth-order valence-corrected chi connectivity index (χ4v) is 1.51. The van der Waals surface area contributed by atoms with Crippen LogP contribution in [0.4, 0.5) is 0 Å². The predicted molar refractivity (Wildman–Crippen MR) is 56.8 cm³/mol. The fraction of sp³-hybridized carbons (Fsp3) is 0.333. The van der Waals surface area contributed by atoms with Gasteiger partial charge in [-0.05, 0) is 12.1 Å². The first-order chi connectivity index (χ1) is 7.33. The molecule has 3 nitrogen and oxygen atoms in total. The molecular weight excluding hydrogens is 192 g/mol. The zero-order chi connectivity index (χ0) is 10.7. The lowest BCUT2D eigenvalue weighted by Gasteiger charge is -2.11. The van der Waals surface area contributed by atoms with Crippen molar-refractivity contribution in [3.63, 3.8) is 0 Å². The third kappa shape index (κ3) is 2.19. The van der Waals surface area contributed by atoms with E-state index in [1.54, 1.807) is 13.2 Å². The normalized spacial score (nSPS) is 25.1. The van der Waals surface area contributed by atoms with Gasteiger partial charge in [0.05, 0.1) is 13.7 Å². The average molecular weight is 206 g/mol. The third-order valence-corrected chi connectivity index (χ3v) is 2.34. The van der Waals surface area contributed by atoms with E-state index in [1.807, 2.05) is 24.3 Å². The molecule has 1 aliphatic rings. The Morgan fingerprint density at radius 1 is 1.53 bits per heavy atom. The van der Waals surface area contributed by atoms with Gasteiger partial charge in [-0.3, -0.25) is 0 Å². The number of ether oxygens (including phenoxy) is 3. The molecule has 2 atom stereocenters. The van der Waals surface area contributed by atoms with E-state index in [1.165, 1.54) is 0 Å². The van der Waals surface area contributed by atoms with Crippen LogP contribution in [0.15, 0.2) is 36.9 Å². The van der Waals surface area contributed by atoms with Crippen molar-refractivity contribution in [1.82, 2.24) is 0 Å². The van der Waals surface area contributed by atoms with Crippen molar-refractivity contribution in [2.24, 2.45) is 0 Å². The van der Waals surface area contributed by atoms with Crippen LogP contribution in [0, 0.1) is 0 Å². The second-order valence-electron chi connectivity index (χ2n) is 3.35. The fourth-order valence-electron chi connectivity index (χ4n) is 1.51. The highest BCUT2D eigenvalue weighted by Crippen LogP contribution is 2.29. The number of hydrogen-bond donors (Lipinski definition) is 0. The molecule has 0 radical (unpaired) electrons. The quantitative estimate of drug-likeness (QED) is 0.710. The lowest BCUT2D eigenvalue weighted by Crippen LogP contribution is -2.04. The standard InChI is InChI=1S/C12H14O3/c1-3-10-8-14-12(15-10)9-5-4-6-11(7-9)13-2/h3-7,10,12H,1,8H2,2H3. The van der Waals surface area contributed by atoms with Crippen LogP contribution < -0.4 is 4.74 Å². The lowest BCUT2D eigenvalue weighted by molar-refractivity contribution is -0.0533. The maximum atomic E-state index is 5.60. The van der Waals surface area contributed by atoms with Gasteiger partial charge in [0.2, 0.25) is 0 Å². The van der Waals surface area contributed by atoms with Crippen LogP contribution in [0.1, 0.15) is 11.9 Å². The van der Waals surface area contributed by atoms with Crippen LogP contribution in [0.2, 0.25) is 0 Å². The number of rotatable bonds is 3. The summed E-state index contributed by atoms with van der Waals surface area (Å²) in [5.74, 6) is 0.807. The SMILES string of the molecule is C=CC1COC(c2cccc(OC)c2)O1. The lowest BCUT2D eigenvalue weighted by atomic mass is 10.2. The summed E-state index contributed by atoms with van der Waals surface area (Å²) in [6.45, 7) is 4.24. The van der Waals surface area contributed by atoms with E-state index in [9.17, 15) is 0 Å². The minimum absolute atomic E-state index is 0.0128. The topological polar surface area (TPSA) is 27.7 Å². The van der Waals surface area contributed by atoms with Crippen LogP contribution in [0.25, 0.3) is 0 Å². The van der Waals surface area contributed by atoms with Crippen molar-refractivity contribution in [3.8, 4) is 5.75 Å². The zero-order valence-electron chi connectivity index (χ0n) is 8.68. The van der Waals surface area contributed by atoms with Crippen molar-refractivity contribution >= 4 is 0 Å². The molecule has 15 heavy (non-hydrogen) atoms. The summed E-state index contributed by atoms with van der Waals surface area (Å²) in [6.07, 6.45) is 1.43. The molecule has 3 heteroatoms. The Balaban J connectivity index is 2.12. The van der Waals surface area contributed by atoms with E-state index >= 15 is 0 Å². The Morgan fingerprint density at radius 3 is 3.07 bits per heavy atom. The molecule has 0 amide bonds. The maximum absolute atomic E-state index is 5.60. The summed E-state index contributed by atoms with van der Waals surface area (Å²) in [6, 6.07) is 7.68. The molecule has 0 bridgehead atoms. The van der Waals surface area contributed by atoms with Gasteiger partial charge in [-0.1, -0.05) is 18.2 Å². The first-order valence-electron chi connectivity index (χ1n) is 4.87. The molecule has 1 saturated heterocycles. The van der Waals surface area contributed by atoms with Gasteiger partial charge in [0, 0.05) is 5.56 Å². The summed E-state index contributed by atoms with van der Waals surface area (Å²) in [4.78, 5) is 0. The predicted octanol–water partition coefficient (Wildman–Crippen LogP) is 2.30. The first kappa shape index (κ1) is 10.2. The van der Waals surface area contributed by atoms with E-state index in [0.717, 1.165) is 11.3 Å². The minimum Gasteiger partial charge on any atom is -0.497 e. The van der Waals surface area contributed by atoms with E-state index in [0.29, 0.717) is 6.61 Å². The highest BCUT2D eigenvalue weighted by atomic mass is 16.7. The molecule has 0 spiro atoms. The Kier molecular flexibility index (Phi) is 3.04. The smallest absolute Gasteiger partial charge is 0.184 e. The summed E-state index contributed by atoms with van der Waals surface area (Å²) < 4.78 is 16.2. The van der Waals surface area contributed by atoms with Gasteiger partial charge >= 0.3 is 0 Å². The van der Waals surface area contributed by atoms with Crippen molar-refractivity contribution in [2.75, 3.05) is 13.7 Å². The Bertz CT molecular complexity index is 348. The molecule has 0 aromatic heterocycles. The van der Waals surface area contributed by atoms with E-state index < -0.39 is 0 Å². The summed E-state index contributed by atoms with van der Waals surface area (Å²) >= 11 is 0. The minimum atomic E-state index is -0.303. The summed E-state index contributed by atoms with van der Waals surface area (Å²) in [5.41, 5.74) is 0.971. The highest BCUT2D eigenvalue weighted by Gasteiger charge is 2.25. The molecule has 0 N–H and O–H groups in total. The molecule has 2 unspecified atom stereocenters. The molecule has 1 aromatic carbocycles. The van der Waals surface area contributed by atoms with Crippen molar-refractivity contribution in [3.05, 3.63) is 42.5 Å². The van der Waals surface area contributed by atoms with Crippen LogP contribution in [0.3, 0.4) is 0 Å². The average Bonchev–Trinajstić information content (AvgIpc) is 2.78. The molecule has 2 rings (SSSR count). The van der Waals surface area contributed by atoms with Gasteiger partial charge in [0.25, 0.3) is 0 Å². The summed E-state index contributed by atoms with van der Waals surface area (Å²) in [5, 5.41) is 0. The van der Waals surface area contributed by atoms with E-state index in [2.05, 4.69) is 6.58 Å². The number of benzene rings is 1. The molecule has 1 fully saturated rings. The van der Waals surface area contributed by atoms with Gasteiger partial charge in [0.15, 0.2) is 6.29 Å². The zero-order valence-corrected chi connectivity index (χ0v) is 8.68. The molecule has 1 heterocycles. The van der Waals surface area contributed by atoms with Gasteiger partial charge in [0.1, 0.15) is 11.9 Å². The van der Waals surface area contributed by atoms with Crippen LogP contribution in [0.5, 0.6) is 5.75 Å². The van der Waals surface area contributed by atoms with Crippen molar-refractivity contribution < 1.29 is 14.2 Å². The van der Waals surface area contributed by atoms with E-state index in [-0.39, 0.29) is 12.4 Å². The second-order valence-corrected chi connectivity index (χ2v) is 3.35. The van der Waals surface area contributed by atoms with Gasteiger partial charge < -0.3 is 14.2 Å². The Labute approximate surface area is 89.3 Å². The molecular formula is C12H14O3. The highest BCUT2D eigenvalue weighted by molar-refractivity contribution is 5.29. The Morgan fingerprint density at radius 2 is 2.40 bits per heavy atom. The van der Waals surface area contributed by atoms with Crippen LogP contribution in [-0.2, 0) is 9.47 Å². The van der Waals surface area contributed by atoms with Gasteiger partial charge in [-0.25, -0.2) is 0 Å². The van der Waals surface area contributed by atoms with E-state index in [4.69, 9.17) is 14.2 Å². The summed E-state index contributed by atoms with van der Waals surface area (Å²) in [7, 11) is 1.64. The largest absolute Gasteiger partial charge is 0.497 e. The van der Waals surface area contributed by atoms with Crippen LogP contribution >= 0.6 is 0 Å². The monoisotopic (exact) mass is 206 g/mol. The molecule has 0 saturated carbocycles. The number of methoxy groups -OCH3 is 1.